The van der Waals surface area contributed by atoms with Crippen molar-refractivity contribution in [2.45, 2.75) is 19.8 Å². The molecule has 5 heteroatoms. The zero-order valence-electron chi connectivity index (χ0n) is 9.70. The second-order valence-electron chi connectivity index (χ2n) is 3.87. The van der Waals surface area contributed by atoms with E-state index >= 15 is 0 Å². The van der Waals surface area contributed by atoms with Crippen LogP contribution >= 0.6 is 15.9 Å². The number of nitrogens with zero attached hydrogens (tertiary/aromatic N) is 2. The third kappa shape index (κ3) is 2.85. The van der Waals surface area contributed by atoms with E-state index in [0.29, 0.717) is 5.95 Å². The van der Waals surface area contributed by atoms with Gasteiger partial charge >= 0.3 is 0 Å². The first-order valence-electron chi connectivity index (χ1n) is 5.67. The van der Waals surface area contributed by atoms with Crippen LogP contribution in [0.5, 0.6) is 0 Å². The van der Waals surface area contributed by atoms with E-state index in [9.17, 15) is 0 Å². The molecule has 0 radical (unpaired) electrons. The minimum absolute atomic E-state index is 0.304. The molecule has 0 spiro atoms. The molecule has 0 unspecified atom stereocenters. The predicted octanol–water partition coefficient (Wildman–Crippen LogP) is 3.19. The van der Waals surface area contributed by atoms with Gasteiger partial charge in [0.15, 0.2) is 0 Å². The predicted molar refractivity (Wildman–Crippen MR) is 75.0 cm³/mol. The Morgan fingerprint density at radius 1 is 1.35 bits per heavy atom. The van der Waals surface area contributed by atoms with Crippen molar-refractivity contribution in [2.24, 2.45) is 0 Å². The molecule has 0 saturated carbocycles. The van der Waals surface area contributed by atoms with E-state index in [1.54, 1.807) is 0 Å². The van der Waals surface area contributed by atoms with Gasteiger partial charge < -0.3 is 11.1 Å². The van der Waals surface area contributed by atoms with Gasteiger partial charge in [0.05, 0.1) is 5.52 Å². The van der Waals surface area contributed by atoms with Crippen molar-refractivity contribution in [3.63, 3.8) is 0 Å². The van der Waals surface area contributed by atoms with E-state index in [-0.39, 0.29) is 0 Å². The van der Waals surface area contributed by atoms with E-state index in [1.165, 1.54) is 0 Å². The summed E-state index contributed by atoms with van der Waals surface area (Å²) in [6.07, 6.45) is 2.26. The van der Waals surface area contributed by atoms with Crippen molar-refractivity contribution in [2.75, 3.05) is 17.6 Å². The van der Waals surface area contributed by atoms with Crippen molar-refractivity contribution in [1.82, 2.24) is 9.97 Å². The van der Waals surface area contributed by atoms with Gasteiger partial charge in [-0.3, -0.25) is 0 Å². The molecule has 0 atom stereocenters. The summed E-state index contributed by atoms with van der Waals surface area (Å²) in [7, 11) is 0. The van der Waals surface area contributed by atoms with Gasteiger partial charge in [0, 0.05) is 16.4 Å². The van der Waals surface area contributed by atoms with E-state index < -0.39 is 0 Å². The number of hydrogen-bond donors (Lipinski definition) is 2. The SMILES string of the molecule is CCCCNc1nc(N)nc2ccc(Br)cc12. The normalized spacial score (nSPS) is 10.7. The number of rotatable bonds is 4. The molecule has 0 fully saturated rings. The molecule has 0 aliphatic rings. The number of nitrogens with one attached hydrogen (secondary N) is 1. The van der Waals surface area contributed by atoms with E-state index in [0.717, 1.165) is 40.6 Å². The Bertz CT molecular complexity index is 527. The highest BCUT2D eigenvalue weighted by Crippen LogP contribution is 2.24. The first kappa shape index (κ1) is 12.1. The fourth-order valence-electron chi connectivity index (χ4n) is 1.64. The first-order chi connectivity index (χ1) is 8.20. The Kier molecular flexibility index (Phi) is 3.78. The van der Waals surface area contributed by atoms with Gasteiger partial charge in [-0.15, -0.1) is 0 Å². The highest BCUT2D eigenvalue weighted by molar-refractivity contribution is 9.10. The van der Waals surface area contributed by atoms with Crippen LogP contribution in [0, 0.1) is 0 Å². The smallest absolute Gasteiger partial charge is 0.222 e. The van der Waals surface area contributed by atoms with Crippen LogP contribution in [-0.4, -0.2) is 16.5 Å². The maximum Gasteiger partial charge on any atom is 0.222 e. The molecule has 2 aromatic rings. The monoisotopic (exact) mass is 294 g/mol. The van der Waals surface area contributed by atoms with Gasteiger partial charge in [-0.1, -0.05) is 29.3 Å². The van der Waals surface area contributed by atoms with Crippen molar-refractivity contribution in [3.05, 3.63) is 22.7 Å². The summed E-state index contributed by atoms with van der Waals surface area (Å²) >= 11 is 3.45. The third-order valence-electron chi connectivity index (χ3n) is 2.50. The minimum Gasteiger partial charge on any atom is -0.369 e. The van der Waals surface area contributed by atoms with Gasteiger partial charge in [0.2, 0.25) is 5.95 Å². The summed E-state index contributed by atoms with van der Waals surface area (Å²) in [4.78, 5) is 8.46. The van der Waals surface area contributed by atoms with Crippen LogP contribution in [0.4, 0.5) is 11.8 Å². The molecule has 90 valence electrons. The fraction of sp³-hybridized carbons (Fsp3) is 0.333. The second-order valence-corrected chi connectivity index (χ2v) is 4.79. The van der Waals surface area contributed by atoms with Crippen LogP contribution < -0.4 is 11.1 Å². The molecular formula is C12H15BrN4. The summed E-state index contributed by atoms with van der Waals surface area (Å²) in [5, 5.41) is 4.30. The highest BCUT2D eigenvalue weighted by Gasteiger charge is 2.06. The molecule has 1 aromatic heterocycles. The van der Waals surface area contributed by atoms with Crippen molar-refractivity contribution in [1.29, 1.82) is 0 Å². The molecular weight excluding hydrogens is 280 g/mol. The van der Waals surface area contributed by atoms with Crippen molar-refractivity contribution >= 4 is 38.6 Å². The highest BCUT2D eigenvalue weighted by atomic mass is 79.9. The van der Waals surface area contributed by atoms with Gasteiger partial charge in [-0.25, -0.2) is 4.98 Å². The van der Waals surface area contributed by atoms with Crippen LogP contribution in [0.15, 0.2) is 22.7 Å². The first-order valence-corrected chi connectivity index (χ1v) is 6.46. The Morgan fingerprint density at radius 2 is 2.18 bits per heavy atom. The van der Waals surface area contributed by atoms with Gasteiger partial charge in [0.25, 0.3) is 0 Å². The summed E-state index contributed by atoms with van der Waals surface area (Å²) in [6.45, 7) is 3.05. The lowest BCUT2D eigenvalue weighted by molar-refractivity contribution is 0.832. The number of anilines is 2. The molecule has 4 nitrogen and oxygen atoms in total. The standard InChI is InChI=1S/C12H15BrN4/c1-2-3-6-15-11-9-7-8(13)4-5-10(9)16-12(14)17-11/h4-5,7H,2-3,6H2,1H3,(H3,14,15,16,17). The van der Waals surface area contributed by atoms with Gasteiger partial charge in [-0.05, 0) is 24.6 Å². The summed E-state index contributed by atoms with van der Waals surface area (Å²) < 4.78 is 1.01. The van der Waals surface area contributed by atoms with Crippen LogP contribution in [0.3, 0.4) is 0 Å². The van der Waals surface area contributed by atoms with Gasteiger partial charge in [-0.2, -0.15) is 4.98 Å². The molecule has 17 heavy (non-hydrogen) atoms. The zero-order chi connectivity index (χ0) is 12.3. The van der Waals surface area contributed by atoms with E-state index in [2.05, 4.69) is 38.1 Å². The molecule has 3 N–H and O–H groups in total. The minimum atomic E-state index is 0.304. The molecule has 0 aliphatic carbocycles. The second kappa shape index (κ2) is 5.31. The molecule has 0 aliphatic heterocycles. The number of fused-ring (bicyclic) bond motifs is 1. The van der Waals surface area contributed by atoms with E-state index in [4.69, 9.17) is 5.73 Å². The number of nitrogen functional groups attached to an aromatic ring is 1. The number of unbranched alkanes of at least 4 members (excludes halogenated alkanes) is 1. The quantitative estimate of drug-likeness (QED) is 0.850. The Hall–Kier alpha value is -1.36. The molecule has 0 saturated heterocycles. The zero-order valence-corrected chi connectivity index (χ0v) is 11.3. The number of halogens is 1. The maximum atomic E-state index is 5.69. The van der Waals surface area contributed by atoms with E-state index in [1.807, 2.05) is 18.2 Å². The molecule has 1 aromatic carbocycles. The number of aromatic nitrogens is 2. The average molecular weight is 295 g/mol. The largest absolute Gasteiger partial charge is 0.369 e. The third-order valence-corrected chi connectivity index (χ3v) is 2.99. The molecule has 0 amide bonds. The van der Waals surface area contributed by atoms with Crippen LogP contribution in [-0.2, 0) is 0 Å². The lowest BCUT2D eigenvalue weighted by Crippen LogP contribution is -2.06. The lowest BCUT2D eigenvalue weighted by atomic mass is 10.2. The Morgan fingerprint density at radius 3 is 2.94 bits per heavy atom. The average Bonchev–Trinajstić information content (AvgIpc) is 2.30. The lowest BCUT2D eigenvalue weighted by Gasteiger charge is -2.09. The Labute approximate surface area is 109 Å². The molecule has 0 bridgehead atoms. The van der Waals surface area contributed by atoms with Crippen molar-refractivity contribution in [3.8, 4) is 0 Å². The summed E-state index contributed by atoms with van der Waals surface area (Å²) in [5.74, 6) is 1.11. The van der Waals surface area contributed by atoms with Gasteiger partial charge in [0.1, 0.15) is 5.82 Å². The fourth-order valence-corrected chi connectivity index (χ4v) is 2.00. The topological polar surface area (TPSA) is 63.8 Å². The van der Waals surface area contributed by atoms with Crippen molar-refractivity contribution < 1.29 is 0 Å². The number of nitrogens with two attached hydrogens (primary N) is 1. The Balaban J connectivity index is 2.40. The maximum absolute atomic E-state index is 5.69. The van der Waals surface area contributed by atoms with Crippen LogP contribution in [0.25, 0.3) is 10.9 Å². The number of hydrogen-bond acceptors (Lipinski definition) is 4. The molecule has 1 heterocycles. The van der Waals surface area contributed by atoms with Crippen LogP contribution in [0.1, 0.15) is 19.8 Å². The van der Waals surface area contributed by atoms with Crippen LogP contribution in [0.2, 0.25) is 0 Å². The summed E-state index contributed by atoms with van der Waals surface area (Å²) in [5.41, 5.74) is 6.55. The molecule has 2 rings (SSSR count). The summed E-state index contributed by atoms with van der Waals surface area (Å²) in [6, 6.07) is 5.89. The number of benzene rings is 1.